The molecular weight excluding hydrogens is 485 g/mol. The molecule has 174 valence electrons. The number of piperazine rings is 1. The van der Waals surface area contributed by atoms with Crippen LogP contribution in [0, 0.1) is 6.92 Å². The quantitative estimate of drug-likeness (QED) is 0.555. The van der Waals surface area contributed by atoms with Crippen LogP contribution >= 0.6 is 23.2 Å². The second kappa shape index (κ2) is 9.24. The number of sulfone groups is 1. The Morgan fingerprint density at radius 1 is 0.970 bits per heavy atom. The molecule has 0 aliphatic carbocycles. The minimum absolute atomic E-state index is 0.0916. The maximum Gasteiger partial charge on any atom is 0.227 e. The highest BCUT2D eigenvalue weighted by molar-refractivity contribution is 7.91. The van der Waals surface area contributed by atoms with E-state index in [1.807, 2.05) is 23.1 Å². The van der Waals surface area contributed by atoms with Crippen molar-refractivity contribution in [2.24, 2.45) is 0 Å². The van der Waals surface area contributed by atoms with Gasteiger partial charge in [-0.05, 0) is 42.8 Å². The molecule has 0 saturated carbocycles. The van der Waals surface area contributed by atoms with Crippen molar-refractivity contribution in [3.63, 3.8) is 0 Å². The van der Waals surface area contributed by atoms with Crippen LogP contribution < -0.4 is 20.3 Å². The number of nitrogens with two attached hydrogens (primary N) is 1. The SMILES string of the molecule is COc1ccc(Cl)cc1S(=O)(=O)c1cnc(N2CCN(c3cc(Cl)ccc3C)CC2)nc1N. The normalized spacial score (nSPS) is 14.4. The number of halogens is 2. The minimum Gasteiger partial charge on any atom is -0.495 e. The first-order valence-electron chi connectivity index (χ1n) is 10.2. The predicted molar refractivity (Wildman–Crippen MR) is 131 cm³/mol. The molecule has 0 spiro atoms. The van der Waals surface area contributed by atoms with Crippen LogP contribution in [0.5, 0.6) is 5.75 Å². The van der Waals surface area contributed by atoms with Gasteiger partial charge in [-0.2, -0.15) is 4.98 Å². The summed E-state index contributed by atoms with van der Waals surface area (Å²) in [7, 11) is -2.65. The fourth-order valence-corrected chi connectivity index (χ4v) is 5.63. The van der Waals surface area contributed by atoms with Gasteiger partial charge in [-0.1, -0.05) is 29.3 Å². The molecule has 1 saturated heterocycles. The lowest BCUT2D eigenvalue weighted by Gasteiger charge is -2.37. The summed E-state index contributed by atoms with van der Waals surface area (Å²) in [6, 6.07) is 10.2. The van der Waals surface area contributed by atoms with E-state index in [4.69, 9.17) is 33.7 Å². The van der Waals surface area contributed by atoms with Crippen molar-refractivity contribution >= 4 is 50.5 Å². The van der Waals surface area contributed by atoms with Crippen molar-refractivity contribution in [2.75, 3.05) is 48.8 Å². The molecular formula is C22H23Cl2N5O3S. The molecule has 1 aliphatic rings. The van der Waals surface area contributed by atoms with Crippen LogP contribution in [0.4, 0.5) is 17.5 Å². The lowest BCUT2D eigenvalue weighted by atomic mass is 10.1. The van der Waals surface area contributed by atoms with Gasteiger partial charge in [-0.25, -0.2) is 13.4 Å². The van der Waals surface area contributed by atoms with Crippen LogP contribution in [0.25, 0.3) is 0 Å². The summed E-state index contributed by atoms with van der Waals surface area (Å²) >= 11 is 12.2. The molecule has 11 heteroatoms. The number of ether oxygens (including phenoxy) is 1. The predicted octanol–water partition coefficient (Wildman–Crippen LogP) is 3.84. The molecule has 0 atom stereocenters. The van der Waals surface area contributed by atoms with Crippen LogP contribution in [-0.4, -0.2) is 51.7 Å². The highest BCUT2D eigenvalue weighted by atomic mass is 35.5. The Kier molecular flexibility index (Phi) is 6.56. The van der Waals surface area contributed by atoms with Crippen LogP contribution in [0.2, 0.25) is 10.0 Å². The van der Waals surface area contributed by atoms with Crippen molar-refractivity contribution in [2.45, 2.75) is 16.7 Å². The van der Waals surface area contributed by atoms with Crippen molar-refractivity contribution in [3.05, 3.63) is 58.2 Å². The first-order valence-corrected chi connectivity index (χ1v) is 12.4. The molecule has 8 nitrogen and oxygen atoms in total. The number of anilines is 3. The van der Waals surface area contributed by atoms with Gasteiger partial charge in [-0.15, -0.1) is 0 Å². The van der Waals surface area contributed by atoms with Gasteiger partial charge in [0, 0.05) is 41.9 Å². The number of nitrogen functional groups attached to an aromatic ring is 1. The summed E-state index contributed by atoms with van der Waals surface area (Å²) < 4.78 is 31.6. The fourth-order valence-electron chi connectivity index (χ4n) is 3.78. The second-order valence-corrected chi connectivity index (χ2v) is 10.4. The summed E-state index contributed by atoms with van der Waals surface area (Å²) in [4.78, 5) is 12.5. The number of hydrogen-bond donors (Lipinski definition) is 1. The number of rotatable bonds is 5. The third-order valence-electron chi connectivity index (χ3n) is 5.55. The molecule has 33 heavy (non-hydrogen) atoms. The summed E-state index contributed by atoms with van der Waals surface area (Å²) in [5, 5.41) is 0.959. The first kappa shape index (κ1) is 23.4. The van der Waals surface area contributed by atoms with Gasteiger partial charge in [0.15, 0.2) is 0 Å². The van der Waals surface area contributed by atoms with Crippen LogP contribution in [0.15, 0.2) is 52.4 Å². The van der Waals surface area contributed by atoms with E-state index in [1.54, 1.807) is 6.07 Å². The van der Waals surface area contributed by atoms with Crippen molar-refractivity contribution in [1.29, 1.82) is 0 Å². The van der Waals surface area contributed by atoms with E-state index < -0.39 is 9.84 Å². The van der Waals surface area contributed by atoms with Gasteiger partial charge in [0.2, 0.25) is 15.8 Å². The standard InChI is InChI=1S/C22H23Cl2N5O3S/c1-14-3-4-15(23)11-17(14)28-7-9-29(10-8-28)22-26-13-20(21(25)27-22)33(30,31)19-12-16(24)5-6-18(19)32-2/h3-6,11-13H,7-10H2,1-2H3,(H2,25,26,27). The number of aromatic nitrogens is 2. The third kappa shape index (κ3) is 4.66. The molecule has 2 aromatic carbocycles. The Morgan fingerprint density at radius 2 is 1.61 bits per heavy atom. The van der Waals surface area contributed by atoms with Crippen molar-refractivity contribution < 1.29 is 13.2 Å². The zero-order valence-electron chi connectivity index (χ0n) is 18.1. The van der Waals surface area contributed by atoms with E-state index >= 15 is 0 Å². The molecule has 0 bridgehead atoms. The Bertz CT molecular complexity index is 1300. The van der Waals surface area contributed by atoms with E-state index in [0.29, 0.717) is 24.1 Å². The van der Waals surface area contributed by atoms with E-state index in [1.165, 1.54) is 25.4 Å². The molecule has 0 radical (unpaired) electrons. The van der Waals surface area contributed by atoms with E-state index in [9.17, 15) is 8.42 Å². The van der Waals surface area contributed by atoms with Crippen LogP contribution in [0.3, 0.4) is 0 Å². The lowest BCUT2D eigenvalue weighted by Crippen LogP contribution is -2.47. The lowest BCUT2D eigenvalue weighted by molar-refractivity contribution is 0.402. The van der Waals surface area contributed by atoms with Crippen LogP contribution in [0.1, 0.15) is 5.56 Å². The van der Waals surface area contributed by atoms with E-state index in [2.05, 4.69) is 21.8 Å². The summed E-state index contributed by atoms with van der Waals surface area (Å²) in [6.45, 7) is 4.84. The Hall–Kier alpha value is -2.75. The highest BCUT2D eigenvalue weighted by Gasteiger charge is 2.28. The zero-order valence-corrected chi connectivity index (χ0v) is 20.5. The number of nitrogens with zero attached hydrogens (tertiary/aromatic N) is 4. The minimum atomic E-state index is -4.03. The molecule has 2 heterocycles. The maximum atomic E-state index is 13.2. The number of benzene rings is 2. The van der Waals surface area contributed by atoms with Gasteiger partial charge in [0.1, 0.15) is 21.4 Å². The van der Waals surface area contributed by atoms with E-state index in [0.717, 1.165) is 24.3 Å². The summed E-state index contributed by atoms with van der Waals surface area (Å²) in [5.41, 5.74) is 8.33. The molecule has 2 N–H and O–H groups in total. The fraction of sp³-hybridized carbons (Fsp3) is 0.273. The topological polar surface area (TPSA) is 102 Å². The average Bonchev–Trinajstić information content (AvgIpc) is 2.80. The summed E-state index contributed by atoms with van der Waals surface area (Å²) in [6.07, 6.45) is 1.24. The monoisotopic (exact) mass is 507 g/mol. The van der Waals surface area contributed by atoms with Crippen molar-refractivity contribution in [3.8, 4) is 5.75 Å². The Morgan fingerprint density at radius 3 is 2.27 bits per heavy atom. The molecule has 1 aromatic heterocycles. The van der Waals surface area contributed by atoms with Gasteiger partial charge in [-0.3, -0.25) is 0 Å². The van der Waals surface area contributed by atoms with Crippen LogP contribution in [-0.2, 0) is 9.84 Å². The molecule has 0 unspecified atom stereocenters. The smallest absolute Gasteiger partial charge is 0.227 e. The maximum absolute atomic E-state index is 13.2. The Balaban J connectivity index is 1.55. The average molecular weight is 508 g/mol. The number of methoxy groups -OCH3 is 1. The molecule has 1 fully saturated rings. The number of aryl methyl sites for hydroxylation is 1. The second-order valence-electron chi connectivity index (χ2n) is 7.62. The molecule has 1 aliphatic heterocycles. The van der Waals surface area contributed by atoms with Gasteiger partial charge in [0.05, 0.1) is 13.3 Å². The molecule has 3 aromatic rings. The van der Waals surface area contributed by atoms with Crippen molar-refractivity contribution in [1.82, 2.24) is 9.97 Å². The molecule has 0 amide bonds. The van der Waals surface area contributed by atoms with Gasteiger partial charge >= 0.3 is 0 Å². The Labute approximate surface area is 202 Å². The van der Waals surface area contributed by atoms with Gasteiger partial charge in [0.25, 0.3) is 0 Å². The van der Waals surface area contributed by atoms with E-state index in [-0.39, 0.29) is 26.4 Å². The zero-order chi connectivity index (χ0) is 23.8. The van der Waals surface area contributed by atoms with Gasteiger partial charge < -0.3 is 20.3 Å². The number of hydrogen-bond acceptors (Lipinski definition) is 8. The molecule has 4 rings (SSSR count). The largest absolute Gasteiger partial charge is 0.495 e. The highest BCUT2D eigenvalue weighted by Crippen LogP contribution is 2.34. The third-order valence-corrected chi connectivity index (χ3v) is 7.81. The first-order chi connectivity index (χ1) is 15.7. The summed E-state index contributed by atoms with van der Waals surface area (Å²) in [5.74, 6) is 0.414.